The van der Waals surface area contributed by atoms with E-state index in [0.29, 0.717) is 11.4 Å². The fourth-order valence-electron chi connectivity index (χ4n) is 0.883. The van der Waals surface area contributed by atoms with Gasteiger partial charge in [-0.05, 0) is 24.3 Å². The average Bonchev–Trinajstić information content (AvgIpc) is 2.14. The number of hydrogen-bond acceptors (Lipinski definition) is 4. The van der Waals surface area contributed by atoms with Gasteiger partial charge in [-0.3, -0.25) is 4.55 Å². The third-order valence-corrected chi connectivity index (χ3v) is 2.06. The second kappa shape index (κ2) is 6.34. The molecule has 0 radical (unpaired) electrons. The minimum Gasteiger partial charge on any atom is -0.497 e. The Kier molecular flexibility index (Phi) is 6.23. The maximum absolute atomic E-state index is 10.4. The predicted molar refractivity (Wildman–Crippen MR) is 53.0 cm³/mol. The molecule has 0 bridgehead atoms. The molecule has 78 valence electrons. The molecule has 0 aliphatic rings. The third-order valence-electron chi connectivity index (χ3n) is 1.55. The Labute approximate surface area is 111 Å². The van der Waals surface area contributed by atoms with Gasteiger partial charge in [-0.25, -0.2) is 0 Å². The van der Waals surface area contributed by atoms with E-state index in [9.17, 15) is 8.42 Å². The summed E-state index contributed by atoms with van der Waals surface area (Å²) in [5, 5.41) is 2.54. The predicted octanol–water partition coefficient (Wildman–Crippen LogP) is -2.04. The van der Waals surface area contributed by atoms with Crippen LogP contribution in [0.1, 0.15) is 0 Å². The molecule has 0 saturated heterocycles. The minimum atomic E-state index is -3.98. The van der Waals surface area contributed by atoms with Crippen LogP contribution in [0.4, 0.5) is 5.69 Å². The van der Waals surface area contributed by atoms with Crippen LogP contribution in [0.3, 0.4) is 0 Å². The number of nitrogens with one attached hydrogen (secondary N) is 1. The first-order chi connectivity index (χ1) is 6.51. The second-order valence-corrected chi connectivity index (χ2v) is 4.08. The molecule has 1 rings (SSSR count). The normalized spacial score (nSPS) is 10.3. The molecule has 2 N–H and O–H groups in total. The summed E-state index contributed by atoms with van der Waals surface area (Å²) >= 11 is 0. The van der Waals surface area contributed by atoms with Crippen molar-refractivity contribution in [3.63, 3.8) is 0 Å². The molecule has 0 spiro atoms. The van der Waals surface area contributed by atoms with Crippen LogP contribution in [0, 0.1) is 0 Å². The largest absolute Gasteiger partial charge is 1.00 e. The van der Waals surface area contributed by atoms with Crippen molar-refractivity contribution in [1.82, 2.24) is 0 Å². The van der Waals surface area contributed by atoms with E-state index in [1.54, 1.807) is 31.4 Å². The topological polar surface area (TPSA) is 75.6 Å². The molecule has 7 heteroatoms. The van der Waals surface area contributed by atoms with Gasteiger partial charge in [0.15, 0.2) is 0 Å². The van der Waals surface area contributed by atoms with Crippen molar-refractivity contribution in [3.8, 4) is 5.75 Å². The monoisotopic (exact) mass is 240 g/mol. The Morgan fingerprint density at radius 1 is 1.33 bits per heavy atom. The first-order valence-electron chi connectivity index (χ1n) is 3.84. The zero-order valence-corrected chi connectivity index (χ0v) is 11.4. The van der Waals surface area contributed by atoms with E-state index in [1.165, 1.54) is 0 Å². The Hall–Kier alpha value is -0.270. The van der Waals surface area contributed by atoms with Crippen LogP contribution in [-0.4, -0.2) is 26.0 Å². The Morgan fingerprint density at radius 3 is 2.27 bits per heavy atom. The Balaban J connectivity index is 0.00000196. The number of hydrogen-bond donors (Lipinski definition) is 2. The number of rotatable bonds is 4. The summed E-state index contributed by atoms with van der Waals surface area (Å²) in [6, 6.07) is 6.69. The van der Waals surface area contributed by atoms with Crippen LogP contribution >= 0.6 is 0 Å². The average molecular weight is 240 g/mol. The van der Waals surface area contributed by atoms with E-state index in [0.717, 1.165) is 0 Å². The summed E-state index contributed by atoms with van der Waals surface area (Å²) in [6.07, 6.45) is 0. The maximum atomic E-state index is 10.4. The van der Waals surface area contributed by atoms with Gasteiger partial charge >= 0.3 is 29.6 Å². The van der Waals surface area contributed by atoms with Crippen molar-refractivity contribution in [3.05, 3.63) is 24.3 Å². The fraction of sp³-hybridized carbons (Fsp3) is 0.250. The van der Waals surface area contributed by atoms with Crippen molar-refractivity contribution in [2.24, 2.45) is 0 Å². The SMILES string of the molecule is COc1ccc(NCS(=O)(=O)O)cc1.[Na+]. The van der Waals surface area contributed by atoms with Crippen molar-refractivity contribution < 1.29 is 47.3 Å². The molecule has 1 aromatic rings. The molecule has 5 nitrogen and oxygen atoms in total. The molecule has 0 fully saturated rings. The number of anilines is 1. The number of methoxy groups -OCH3 is 1. The summed E-state index contributed by atoms with van der Waals surface area (Å²) in [6.45, 7) is 0. The van der Waals surface area contributed by atoms with Gasteiger partial charge in [0.1, 0.15) is 11.6 Å². The molecular formula is C8H11NNaO4S+. The van der Waals surface area contributed by atoms with Gasteiger partial charge in [0, 0.05) is 5.69 Å². The van der Waals surface area contributed by atoms with Gasteiger partial charge in [-0.15, -0.1) is 0 Å². The zero-order chi connectivity index (χ0) is 10.6. The summed E-state index contributed by atoms with van der Waals surface area (Å²) < 4.78 is 34.2. The smallest absolute Gasteiger partial charge is 0.497 e. The summed E-state index contributed by atoms with van der Waals surface area (Å²) in [4.78, 5) is 0. The summed E-state index contributed by atoms with van der Waals surface area (Å²) in [5.41, 5.74) is 0.600. The van der Waals surface area contributed by atoms with Crippen LogP contribution in [0.5, 0.6) is 5.75 Å². The van der Waals surface area contributed by atoms with E-state index >= 15 is 0 Å². The van der Waals surface area contributed by atoms with Crippen LogP contribution < -0.4 is 39.6 Å². The molecule has 1 aromatic carbocycles. The minimum absolute atomic E-state index is 0. The Morgan fingerprint density at radius 2 is 1.87 bits per heavy atom. The molecule has 0 amide bonds. The molecule has 0 aromatic heterocycles. The molecule has 0 unspecified atom stereocenters. The van der Waals surface area contributed by atoms with E-state index in [4.69, 9.17) is 9.29 Å². The molecule has 0 aliphatic carbocycles. The van der Waals surface area contributed by atoms with Gasteiger partial charge in [-0.2, -0.15) is 8.42 Å². The molecule has 15 heavy (non-hydrogen) atoms. The van der Waals surface area contributed by atoms with E-state index in [-0.39, 0.29) is 29.6 Å². The fourth-order valence-corrected chi connectivity index (χ4v) is 1.23. The van der Waals surface area contributed by atoms with Gasteiger partial charge in [0.25, 0.3) is 10.1 Å². The number of ether oxygens (including phenoxy) is 1. The first kappa shape index (κ1) is 14.7. The van der Waals surface area contributed by atoms with Gasteiger partial charge in [-0.1, -0.05) is 0 Å². The van der Waals surface area contributed by atoms with Gasteiger partial charge in [0.05, 0.1) is 7.11 Å². The van der Waals surface area contributed by atoms with Crippen molar-refractivity contribution in [2.45, 2.75) is 0 Å². The molecule has 0 heterocycles. The van der Waals surface area contributed by atoms with E-state index in [1.807, 2.05) is 0 Å². The Bertz CT molecular complexity index is 390. The van der Waals surface area contributed by atoms with Gasteiger partial charge in [0.2, 0.25) is 0 Å². The molecule has 0 atom stereocenters. The van der Waals surface area contributed by atoms with Crippen LogP contribution in [0.15, 0.2) is 24.3 Å². The molecular weight excluding hydrogens is 229 g/mol. The third kappa shape index (κ3) is 6.01. The zero-order valence-electron chi connectivity index (χ0n) is 8.60. The molecule has 0 saturated carbocycles. The second-order valence-electron chi connectivity index (χ2n) is 2.63. The van der Waals surface area contributed by atoms with Gasteiger partial charge < -0.3 is 10.1 Å². The van der Waals surface area contributed by atoms with E-state index in [2.05, 4.69) is 5.32 Å². The maximum Gasteiger partial charge on any atom is 1.00 e. The van der Waals surface area contributed by atoms with Crippen molar-refractivity contribution in [1.29, 1.82) is 0 Å². The summed E-state index contributed by atoms with van der Waals surface area (Å²) in [7, 11) is -2.44. The molecule has 0 aliphatic heterocycles. The number of benzene rings is 1. The van der Waals surface area contributed by atoms with E-state index < -0.39 is 16.0 Å². The van der Waals surface area contributed by atoms with Crippen LogP contribution in [-0.2, 0) is 10.1 Å². The quantitative estimate of drug-likeness (QED) is 0.468. The standard InChI is InChI=1S/C8H11NO4S.Na/c1-13-8-4-2-7(3-5-8)9-6-14(10,11)12;/h2-5,9H,6H2,1H3,(H,10,11,12);/q;+1. The van der Waals surface area contributed by atoms with Crippen LogP contribution in [0.2, 0.25) is 0 Å². The van der Waals surface area contributed by atoms with Crippen molar-refractivity contribution >= 4 is 15.8 Å². The summed E-state index contributed by atoms with van der Waals surface area (Å²) in [5.74, 6) is 0.182. The van der Waals surface area contributed by atoms with Crippen LogP contribution in [0.25, 0.3) is 0 Å². The van der Waals surface area contributed by atoms with Crippen molar-refractivity contribution in [2.75, 3.05) is 18.3 Å². The first-order valence-corrected chi connectivity index (χ1v) is 5.45.